The van der Waals surface area contributed by atoms with Gasteiger partial charge < -0.3 is 10.1 Å². The van der Waals surface area contributed by atoms with Crippen LogP contribution in [-0.2, 0) is 0 Å². The summed E-state index contributed by atoms with van der Waals surface area (Å²) in [5, 5.41) is 3.64. The zero-order chi connectivity index (χ0) is 15.1. The predicted octanol–water partition coefficient (Wildman–Crippen LogP) is 4.66. The minimum atomic E-state index is -0.189. The monoisotopic (exact) mass is 295 g/mol. The number of benzene rings is 2. The van der Waals surface area contributed by atoms with Gasteiger partial charge in [-0.3, -0.25) is 0 Å². The molecule has 0 aromatic heterocycles. The van der Waals surface area contributed by atoms with Gasteiger partial charge in [-0.2, -0.15) is 0 Å². The second-order valence-corrected chi connectivity index (χ2v) is 5.98. The van der Waals surface area contributed by atoms with Crippen molar-refractivity contribution in [3.05, 3.63) is 71.6 Å². The van der Waals surface area contributed by atoms with E-state index in [1.54, 1.807) is 7.11 Å². The van der Waals surface area contributed by atoms with E-state index in [2.05, 4.69) is 29.6 Å². The van der Waals surface area contributed by atoms with Crippen LogP contribution >= 0.6 is 0 Å². The first-order valence-electron chi connectivity index (χ1n) is 7.63. The van der Waals surface area contributed by atoms with Gasteiger partial charge in [-0.25, -0.2) is 4.39 Å². The second-order valence-electron chi connectivity index (χ2n) is 5.98. The Balaban J connectivity index is 1.76. The quantitative estimate of drug-likeness (QED) is 0.814. The third-order valence-electron chi connectivity index (χ3n) is 4.80. The SMILES string of the molecule is COc1ccc2c(c1)C1C=CCC1C(c1ccc(F)cc1)N2. The largest absolute Gasteiger partial charge is 0.497 e. The van der Waals surface area contributed by atoms with Crippen molar-refractivity contribution in [2.75, 3.05) is 12.4 Å². The average molecular weight is 295 g/mol. The van der Waals surface area contributed by atoms with Crippen LogP contribution in [0, 0.1) is 11.7 Å². The topological polar surface area (TPSA) is 21.3 Å². The van der Waals surface area contributed by atoms with Gasteiger partial charge in [0, 0.05) is 11.6 Å². The first-order valence-corrected chi connectivity index (χ1v) is 7.63. The summed E-state index contributed by atoms with van der Waals surface area (Å²) < 4.78 is 18.6. The lowest BCUT2D eigenvalue weighted by molar-refractivity contribution is 0.405. The van der Waals surface area contributed by atoms with E-state index in [0.29, 0.717) is 11.8 Å². The average Bonchev–Trinajstić information content (AvgIpc) is 3.04. The predicted molar refractivity (Wildman–Crippen MR) is 85.7 cm³/mol. The molecule has 2 aliphatic rings. The number of nitrogens with one attached hydrogen (secondary N) is 1. The van der Waals surface area contributed by atoms with Crippen LogP contribution in [-0.4, -0.2) is 7.11 Å². The van der Waals surface area contributed by atoms with Gasteiger partial charge in [-0.15, -0.1) is 0 Å². The molecule has 1 aliphatic carbocycles. The Hall–Kier alpha value is -2.29. The standard InChI is InChI=1S/C19H18FNO/c1-22-14-9-10-18-17(11-14)15-3-2-4-16(15)19(21-18)12-5-7-13(20)8-6-12/h2-3,5-11,15-16,19,21H,4H2,1H3. The van der Waals surface area contributed by atoms with E-state index in [0.717, 1.165) is 23.4 Å². The zero-order valence-electron chi connectivity index (χ0n) is 12.4. The van der Waals surface area contributed by atoms with Gasteiger partial charge in [0.15, 0.2) is 0 Å². The lowest BCUT2D eigenvalue weighted by Gasteiger charge is -2.37. The van der Waals surface area contributed by atoms with Crippen LogP contribution in [0.15, 0.2) is 54.6 Å². The number of fused-ring (bicyclic) bond motifs is 3. The van der Waals surface area contributed by atoms with Crippen molar-refractivity contribution in [3.8, 4) is 5.75 Å². The van der Waals surface area contributed by atoms with E-state index in [4.69, 9.17) is 4.74 Å². The maximum atomic E-state index is 13.2. The number of rotatable bonds is 2. The normalized spacial score (nSPS) is 25.3. The van der Waals surface area contributed by atoms with E-state index < -0.39 is 0 Å². The number of hydrogen-bond donors (Lipinski definition) is 1. The van der Waals surface area contributed by atoms with Gasteiger partial charge >= 0.3 is 0 Å². The number of ether oxygens (including phenoxy) is 1. The fraction of sp³-hybridized carbons (Fsp3) is 0.263. The maximum absolute atomic E-state index is 13.2. The van der Waals surface area contributed by atoms with Crippen molar-refractivity contribution in [2.24, 2.45) is 5.92 Å². The van der Waals surface area contributed by atoms with Gasteiger partial charge in [-0.05, 0) is 53.8 Å². The minimum Gasteiger partial charge on any atom is -0.497 e. The summed E-state index contributed by atoms with van der Waals surface area (Å²) in [4.78, 5) is 0. The molecule has 2 aromatic rings. The first-order chi connectivity index (χ1) is 10.8. The molecule has 112 valence electrons. The Morgan fingerprint density at radius 2 is 1.95 bits per heavy atom. The molecular formula is C19H18FNO. The summed E-state index contributed by atoms with van der Waals surface area (Å²) in [6, 6.07) is 13.2. The second kappa shape index (κ2) is 5.16. The number of halogens is 1. The van der Waals surface area contributed by atoms with Crippen molar-refractivity contribution in [1.82, 2.24) is 0 Å². The Bertz CT molecular complexity index is 723. The fourth-order valence-corrected chi connectivity index (χ4v) is 3.70. The summed E-state index contributed by atoms with van der Waals surface area (Å²) in [6.07, 6.45) is 5.58. The van der Waals surface area contributed by atoms with E-state index in [-0.39, 0.29) is 11.9 Å². The van der Waals surface area contributed by atoms with Crippen molar-refractivity contribution in [2.45, 2.75) is 18.4 Å². The Morgan fingerprint density at radius 1 is 1.14 bits per heavy atom. The lowest BCUT2D eigenvalue weighted by Crippen LogP contribution is -2.29. The van der Waals surface area contributed by atoms with Gasteiger partial charge in [0.05, 0.1) is 13.2 Å². The van der Waals surface area contributed by atoms with Crippen LogP contribution in [0.2, 0.25) is 0 Å². The Morgan fingerprint density at radius 3 is 2.73 bits per heavy atom. The number of allylic oxidation sites excluding steroid dienone is 2. The van der Waals surface area contributed by atoms with E-state index in [1.165, 1.54) is 17.7 Å². The van der Waals surface area contributed by atoms with Crippen LogP contribution < -0.4 is 10.1 Å². The number of methoxy groups -OCH3 is 1. The van der Waals surface area contributed by atoms with Crippen molar-refractivity contribution < 1.29 is 9.13 Å². The summed E-state index contributed by atoms with van der Waals surface area (Å²) in [5.74, 6) is 1.55. The number of hydrogen-bond acceptors (Lipinski definition) is 2. The third-order valence-corrected chi connectivity index (χ3v) is 4.80. The van der Waals surface area contributed by atoms with E-state index in [1.807, 2.05) is 18.2 Å². The maximum Gasteiger partial charge on any atom is 0.123 e. The Labute approximate surface area is 129 Å². The van der Waals surface area contributed by atoms with Crippen molar-refractivity contribution in [3.63, 3.8) is 0 Å². The fourth-order valence-electron chi connectivity index (χ4n) is 3.70. The highest BCUT2D eigenvalue weighted by Crippen LogP contribution is 2.50. The molecule has 4 rings (SSSR count). The molecule has 2 aromatic carbocycles. The minimum absolute atomic E-state index is 0.189. The van der Waals surface area contributed by atoms with Crippen LogP contribution in [0.5, 0.6) is 5.75 Å². The van der Waals surface area contributed by atoms with Crippen LogP contribution in [0.3, 0.4) is 0 Å². The molecule has 0 radical (unpaired) electrons. The van der Waals surface area contributed by atoms with Crippen LogP contribution in [0.25, 0.3) is 0 Å². The highest BCUT2D eigenvalue weighted by Gasteiger charge is 2.37. The molecule has 1 aliphatic heterocycles. The lowest BCUT2D eigenvalue weighted by atomic mass is 9.77. The van der Waals surface area contributed by atoms with Gasteiger partial charge in [0.25, 0.3) is 0 Å². The molecule has 22 heavy (non-hydrogen) atoms. The number of anilines is 1. The smallest absolute Gasteiger partial charge is 0.123 e. The summed E-state index contributed by atoms with van der Waals surface area (Å²) >= 11 is 0. The van der Waals surface area contributed by atoms with Gasteiger partial charge in [-0.1, -0.05) is 24.3 Å². The molecule has 2 nitrogen and oxygen atoms in total. The summed E-state index contributed by atoms with van der Waals surface area (Å²) in [7, 11) is 1.70. The van der Waals surface area contributed by atoms with Gasteiger partial charge in [0.2, 0.25) is 0 Å². The molecule has 3 unspecified atom stereocenters. The van der Waals surface area contributed by atoms with Crippen LogP contribution in [0.1, 0.15) is 29.5 Å². The van der Waals surface area contributed by atoms with Crippen LogP contribution in [0.4, 0.5) is 10.1 Å². The molecular weight excluding hydrogens is 277 g/mol. The first kappa shape index (κ1) is 13.4. The molecule has 1 N–H and O–H groups in total. The molecule has 0 saturated carbocycles. The molecule has 0 amide bonds. The molecule has 1 heterocycles. The summed E-state index contributed by atoms with van der Waals surface area (Å²) in [5.41, 5.74) is 3.57. The molecule has 0 spiro atoms. The van der Waals surface area contributed by atoms with Crippen molar-refractivity contribution >= 4 is 5.69 Å². The highest BCUT2D eigenvalue weighted by atomic mass is 19.1. The molecule has 3 atom stereocenters. The Kier molecular flexibility index (Phi) is 3.14. The van der Waals surface area contributed by atoms with E-state index in [9.17, 15) is 4.39 Å². The van der Waals surface area contributed by atoms with E-state index >= 15 is 0 Å². The molecule has 0 fully saturated rings. The highest BCUT2D eigenvalue weighted by molar-refractivity contribution is 5.61. The third kappa shape index (κ3) is 2.08. The molecule has 0 saturated heterocycles. The summed E-state index contributed by atoms with van der Waals surface area (Å²) in [6.45, 7) is 0. The van der Waals surface area contributed by atoms with Crippen molar-refractivity contribution in [1.29, 1.82) is 0 Å². The molecule has 3 heteroatoms. The molecule has 0 bridgehead atoms. The van der Waals surface area contributed by atoms with Gasteiger partial charge in [0.1, 0.15) is 11.6 Å². The zero-order valence-corrected chi connectivity index (χ0v) is 12.4.